The summed E-state index contributed by atoms with van der Waals surface area (Å²) in [4.78, 5) is 35.5. The average Bonchev–Trinajstić information content (AvgIpc) is 3.33. The first-order valence-corrected chi connectivity index (χ1v) is 12.1. The second-order valence-electron chi connectivity index (χ2n) is 8.74. The highest BCUT2D eigenvalue weighted by atomic mass is 32.2. The number of fused-ring (bicyclic) bond motifs is 1. The Hall–Kier alpha value is -1.12. The van der Waals surface area contributed by atoms with Crippen LogP contribution in [-0.2, 0) is 9.59 Å². The lowest BCUT2D eigenvalue weighted by Gasteiger charge is -2.16. The van der Waals surface area contributed by atoms with Gasteiger partial charge in [-0.25, -0.2) is 4.79 Å². The molecule has 2 aliphatic heterocycles. The fraction of sp³-hybridized carbons (Fsp3) is 0.857. The zero-order valence-corrected chi connectivity index (χ0v) is 17.8. The van der Waals surface area contributed by atoms with Crippen LogP contribution < -0.4 is 10.6 Å². The van der Waals surface area contributed by atoms with E-state index in [9.17, 15) is 24.6 Å². The number of thioether (sulfide) groups is 1. The maximum absolute atomic E-state index is 12.1. The van der Waals surface area contributed by atoms with Gasteiger partial charge in [0.2, 0.25) is 0 Å². The Morgan fingerprint density at radius 3 is 2.31 bits per heavy atom. The summed E-state index contributed by atoms with van der Waals surface area (Å²) in [6.07, 6.45) is 6.32. The number of ketones is 2. The van der Waals surface area contributed by atoms with E-state index in [4.69, 9.17) is 0 Å². The van der Waals surface area contributed by atoms with Crippen molar-refractivity contribution in [3.05, 3.63) is 0 Å². The van der Waals surface area contributed by atoms with E-state index in [2.05, 4.69) is 10.6 Å². The Morgan fingerprint density at radius 1 is 0.931 bits per heavy atom. The molecule has 1 aliphatic carbocycles. The van der Waals surface area contributed by atoms with E-state index in [1.54, 1.807) is 0 Å². The van der Waals surface area contributed by atoms with Gasteiger partial charge in [0.1, 0.15) is 11.6 Å². The Morgan fingerprint density at radius 2 is 1.59 bits per heavy atom. The molecule has 3 rings (SSSR count). The second kappa shape index (κ2) is 10.8. The van der Waals surface area contributed by atoms with Crippen LogP contribution in [0.25, 0.3) is 0 Å². The van der Waals surface area contributed by atoms with Gasteiger partial charge < -0.3 is 20.8 Å². The molecule has 164 valence electrons. The van der Waals surface area contributed by atoms with Crippen LogP contribution in [0.15, 0.2) is 0 Å². The zero-order valence-electron chi connectivity index (χ0n) is 17.0. The molecule has 8 heteroatoms. The lowest BCUT2D eigenvalue weighted by atomic mass is 9.96. The lowest BCUT2D eigenvalue weighted by Crippen LogP contribution is -2.36. The van der Waals surface area contributed by atoms with Crippen molar-refractivity contribution in [1.82, 2.24) is 10.6 Å². The monoisotopic (exact) mass is 426 g/mol. The van der Waals surface area contributed by atoms with Gasteiger partial charge in [-0.2, -0.15) is 11.8 Å². The summed E-state index contributed by atoms with van der Waals surface area (Å²) in [6, 6.07) is 0.442. The first-order valence-electron chi connectivity index (χ1n) is 11.0. The van der Waals surface area contributed by atoms with Crippen LogP contribution in [0.2, 0.25) is 0 Å². The molecule has 0 aromatic rings. The molecule has 1 saturated carbocycles. The smallest absolute Gasteiger partial charge is 0.315 e. The van der Waals surface area contributed by atoms with Crippen LogP contribution in [0.1, 0.15) is 70.6 Å². The van der Waals surface area contributed by atoms with Crippen LogP contribution in [-0.4, -0.2) is 63.1 Å². The van der Waals surface area contributed by atoms with E-state index >= 15 is 0 Å². The van der Waals surface area contributed by atoms with Gasteiger partial charge in [-0.05, 0) is 38.5 Å². The molecule has 4 N–H and O–H groups in total. The minimum absolute atomic E-state index is 0.0550. The van der Waals surface area contributed by atoms with Crippen molar-refractivity contribution in [2.75, 3.05) is 5.75 Å². The first kappa shape index (κ1) is 22.6. The number of unbranched alkanes of at least 4 members (excludes halogenated alkanes) is 3. The molecule has 0 aromatic carbocycles. The summed E-state index contributed by atoms with van der Waals surface area (Å²) in [7, 11) is 0. The molecule has 7 nitrogen and oxygen atoms in total. The molecule has 5 atom stereocenters. The summed E-state index contributed by atoms with van der Waals surface area (Å²) in [5.41, 5.74) is 0. The van der Waals surface area contributed by atoms with Gasteiger partial charge in [0.05, 0.1) is 24.3 Å². The van der Waals surface area contributed by atoms with Crippen LogP contribution in [0.5, 0.6) is 0 Å². The van der Waals surface area contributed by atoms with Gasteiger partial charge in [0, 0.05) is 36.2 Å². The number of amides is 2. The van der Waals surface area contributed by atoms with E-state index in [1.807, 2.05) is 11.8 Å². The normalized spacial score (nSPS) is 33.4. The number of Topliss-reactive ketones (excluding diaryl/α,β-unsaturated/α-hetero) is 2. The number of carbonyl (C=O) groups excluding carboxylic acids is 3. The van der Waals surface area contributed by atoms with Gasteiger partial charge in [-0.15, -0.1) is 0 Å². The predicted octanol–water partition coefficient (Wildman–Crippen LogP) is 1.93. The quantitative estimate of drug-likeness (QED) is 0.280. The maximum Gasteiger partial charge on any atom is 0.315 e. The van der Waals surface area contributed by atoms with Crippen LogP contribution in [0, 0.1) is 5.92 Å². The molecule has 0 radical (unpaired) electrons. The largest absolute Gasteiger partial charge is 0.390 e. The lowest BCUT2D eigenvalue weighted by molar-refractivity contribution is -0.123. The molecule has 0 aromatic heterocycles. The third kappa shape index (κ3) is 6.43. The number of hydrogen-bond acceptors (Lipinski definition) is 6. The third-order valence-corrected chi connectivity index (χ3v) is 7.97. The summed E-state index contributed by atoms with van der Waals surface area (Å²) in [5, 5.41) is 25.5. The molecule has 2 heterocycles. The Bertz CT molecular complexity index is 592. The van der Waals surface area contributed by atoms with Crippen molar-refractivity contribution in [2.24, 2.45) is 5.92 Å². The summed E-state index contributed by atoms with van der Waals surface area (Å²) in [5.74, 6) is 1.19. The standard InChI is InChI=1S/C21H34N2O5S/c24-14(6-2-1-3-8-16(25)13-10-17(26)18(27)11-13)7-4-5-9-19-20-15(12-29-19)22-21(28)23-20/h13,15,17-20,26-27H,1-12H2,(H2,22,23,28)/t13?,15-,17?,18?,19-,20-/m0/s1. The zero-order chi connectivity index (χ0) is 20.8. The van der Waals surface area contributed by atoms with Gasteiger partial charge in [-0.1, -0.05) is 12.8 Å². The number of carbonyl (C=O) groups is 3. The molecule has 3 fully saturated rings. The molecule has 29 heavy (non-hydrogen) atoms. The summed E-state index contributed by atoms with van der Waals surface area (Å²) >= 11 is 1.91. The molecule has 2 unspecified atom stereocenters. The van der Waals surface area contributed by atoms with Crippen molar-refractivity contribution in [3.63, 3.8) is 0 Å². The molecular weight excluding hydrogens is 392 g/mol. The Kier molecular flexibility index (Phi) is 8.38. The van der Waals surface area contributed by atoms with Gasteiger partial charge in [0.25, 0.3) is 0 Å². The van der Waals surface area contributed by atoms with Crippen molar-refractivity contribution in [1.29, 1.82) is 0 Å². The van der Waals surface area contributed by atoms with Gasteiger partial charge >= 0.3 is 6.03 Å². The van der Waals surface area contributed by atoms with E-state index in [0.29, 0.717) is 43.1 Å². The van der Waals surface area contributed by atoms with Gasteiger partial charge in [0.15, 0.2) is 0 Å². The number of rotatable bonds is 12. The van der Waals surface area contributed by atoms with Crippen molar-refractivity contribution >= 4 is 29.4 Å². The molecular formula is C21H34N2O5S. The molecule has 3 aliphatic rings. The average molecular weight is 427 g/mol. The number of urea groups is 1. The predicted molar refractivity (Wildman–Crippen MR) is 112 cm³/mol. The van der Waals surface area contributed by atoms with E-state index < -0.39 is 12.2 Å². The molecule has 0 spiro atoms. The fourth-order valence-electron chi connectivity index (χ4n) is 4.69. The fourth-order valence-corrected chi connectivity index (χ4v) is 6.24. The number of hydrogen-bond donors (Lipinski definition) is 4. The Balaban J connectivity index is 1.17. The number of aliphatic hydroxyl groups excluding tert-OH is 2. The van der Waals surface area contributed by atoms with Crippen LogP contribution in [0.3, 0.4) is 0 Å². The highest BCUT2D eigenvalue weighted by Gasteiger charge is 2.42. The Labute approximate surface area is 176 Å². The third-order valence-electron chi connectivity index (χ3n) is 6.46. The summed E-state index contributed by atoms with van der Waals surface area (Å²) < 4.78 is 0. The summed E-state index contributed by atoms with van der Waals surface area (Å²) in [6.45, 7) is 0. The van der Waals surface area contributed by atoms with Crippen LogP contribution in [0.4, 0.5) is 4.79 Å². The second-order valence-corrected chi connectivity index (χ2v) is 10.0. The molecule has 2 saturated heterocycles. The minimum atomic E-state index is -0.760. The van der Waals surface area contributed by atoms with E-state index in [1.165, 1.54) is 0 Å². The number of aliphatic hydroxyl groups is 2. The van der Waals surface area contributed by atoms with Crippen LogP contribution >= 0.6 is 11.8 Å². The molecule has 0 bridgehead atoms. The van der Waals surface area contributed by atoms with Crippen molar-refractivity contribution < 1.29 is 24.6 Å². The van der Waals surface area contributed by atoms with E-state index in [-0.39, 0.29) is 29.8 Å². The highest BCUT2D eigenvalue weighted by Crippen LogP contribution is 2.33. The van der Waals surface area contributed by atoms with Crippen molar-refractivity contribution in [3.8, 4) is 0 Å². The first-order chi connectivity index (χ1) is 13.9. The highest BCUT2D eigenvalue weighted by molar-refractivity contribution is 8.00. The SMILES string of the molecule is O=C(CCCCCC(=O)C1CC(O)C(O)C1)CCCC[C@@H]1SC[C@@H]2NC(=O)N[C@@H]21. The topological polar surface area (TPSA) is 116 Å². The van der Waals surface area contributed by atoms with E-state index in [0.717, 1.165) is 44.3 Å². The number of nitrogens with one attached hydrogen (secondary N) is 2. The maximum atomic E-state index is 12.1. The minimum Gasteiger partial charge on any atom is -0.390 e. The van der Waals surface area contributed by atoms with Crippen molar-refractivity contribution in [2.45, 2.75) is 100 Å². The van der Waals surface area contributed by atoms with Gasteiger partial charge in [-0.3, -0.25) is 9.59 Å². The molecule has 2 amide bonds.